The summed E-state index contributed by atoms with van der Waals surface area (Å²) < 4.78 is 0. The van der Waals surface area contributed by atoms with Crippen LogP contribution in [0.2, 0.25) is 0 Å². The number of anilines is 1. The maximum Gasteiger partial charge on any atom is 0.326 e. The highest BCUT2D eigenvalue weighted by molar-refractivity contribution is 5.98. The van der Waals surface area contributed by atoms with Gasteiger partial charge in [-0.25, -0.2) is 4.79 Å². The molecule has 0 spiro atoms. The normalized spacial score (nSPS) is 11.2. The lowest BCUT2D eigenvalue weighted by molar-refractivity contribution is -0.139. The lowest BCUT2D eigenvalue weighted by Gasteiger charge is -2.13. The maximum absolute atomic E-state index is 12.0. The molecule has 0 radical (unpaired) electrons. The molecule has 0 aliphatic carbocycles. The Balaban J connectivity index is 2.83. The molecule has 0 aliphatic rings. The standard InChI is InChI=1S/C14H16N2O4/c1-3-5-12(14(19)20)16-13(18)10-6-4-7-11(8-10)15-9(2)17/h3-4,6-8,12H,1,5H2,2H3,(H,15,17)(H,16,18)(H,19,20)/t12-/m1/s1. The molecule has 6 nitrogen and oxygen atoms in total. The van der Waals surface area contributed by atoms with Gasteiger partial charge >= 0.3 is 5.97 Å². The molecule has 2 amide bonds. The Morgan fingerprint density at radius 3 is 2.65 bits per heavy atom. The Kier molecular flexibility index (Phi) is 5.46. The number of amides is 2. The number of hydrogen-bond acceptors (Lipinski definition) is 3. The average Bonchev–Trinajstić information content (AvgIpc) is 2.37. The van der Waals surface area contributed by atoms with Gasteiger partial charge < -0.3 is 15.7 Å². The van der Waals surface area contributed by atoms with Crippen molar-refractivity contribution in [2.75, 3.05) is 5.32 Å². The van der Waals surface area contributed by atoms with Crippen LogP contribution in [-0.4, -0.2) is 28.9 Å². The average molecular weight is 276 g/mol. The van der Waals surface area contributed by atoms with E-state index in [1.165, 1.54) is 25.1 Å². The largest absolute Gasteiger partial charge is 0.480 e. The second-order valence-corrected chi connectivity index (χ2v) is 4.15. The molecule has 1 aromatic rings. The van der Waals surface area contributed by atoms with Crippen LogP contribution in [0.25, 0.3) is 0 Å². The molecule has 0 saturated heterocycles. The number of carbonyl (C=O) groups is 3. The molecule has 0 aromatic heterocycles. The van der Waals surface area contributed by atoms with E-state index >= 15 is 0 Å². The van der Waals surface area contributed by atoms with Crippen LogP contribution in [0, 0.1) is 0 Å². The number of nitrogens with one attached hydrogen (secondary N) is 2. The van der Waals surface area contributed by atoms with Gasteiger partial charge in [0.05, 0.1) is 0 Å². The molecule has 0 heterocycles. The SMILES string of the molecule is C=CC[C@@H](NC(=O)c1cccc(NC(C)=O)c1)C(=O)O. The van der Waals surface area contributed by atoms with E-state index in [1.54, 1.807) is 12.1 Å². The van der Waals surface area contributed by atoms with E-state index in [2.05, 4.69) is 17.2 Å². The van der Waals surface area contributed by atoms with E-state index in [0.29, 0.717) is 5.69 Å². The summed E-state index contributed by atoms with van der Waals surface area (Å²) in [6, 6.07) is 5.22. The van der Waals surface area contributed by atoms with Gasteiger partial charge in [0.1, 0.15) is 6.04 Å². The van der Waals surface area contributed by atoms with E-state index in [0.717, 1.165) is 0 Å². The molecule has 1 atom stereocenters. The summed E-state index contributed by atoms with van der Waals surface area (Å²) in [5.74, 6) is -1.90. The van der Waals surface area contributed by atoms with Crippen molar-refractivity contribution in [3.8, 4) is 0 Å². The van der Waals surface area contributed by atoms with Crippen molar-refractivity contribution in [3.63, 3.8) is 0 Å². The lowest BCUT2D eigenvalue weighted by atomic mass is 10.1. The smallest absolute Gasteiger partial charge is 0.326 e. The molecule has 6 heteroatoms. The maximum atomic E-state index is 12.0. The predicted molar refractivity (Wildman–Crippen MR) is 74.4 cm³/mol. The van der Waals surface area contributed by atoms with E-state index in [-0.39, 0.29) is 17.9 Å². The van der Waals surface area contributed by atoms with Crippen LogP contribution in [0.5, 0.6) is 0 Å². The Labute approximate surface area is 116 Å². The summed E-state index contributed by atoms with van der Waals surface area (Å²) in [6.07, 6.45) is 1.55. The van der Waals surface area contributed by atoms with Crippen molar-refractivity contribution in [2.45, 2.75) is 19.4 Å². The minimum absolute atomic E-state index is 0.131. The summed E-state index contributed by atoms with van der Waals surface area (Å²) in [4.78, 5) is 33.8. The van der Waals surface area contributed by atoms with Crippen LogP contribution in [-0.2, 0) is 9.59 Å². The van der Waals surface area contributed by atoms with Gasteiger partial charge in [-0.2, -0.15) is 0 Å². The zero-order valence-corrected chi connectivity index (χ0v) is 11.1. The molecule has 0 unspecified atom stereocenters. The van der Waals surface area contributed by atoms with Crippen molar-refractivity contribution in [1.82, 2.24) is 5.32 Å². The summed E-state index contributed by atoms with van der Waals surface area (Å²) in [5.41, 5.74) is 0.743. The van der Waals surface area contributed by atoms with Gasteiger partial charge in [0.2, 0.25) is 5.91 Å². The van der Waals surface area contributed by atoms with Crippen molar-refractivity contribution in [3.05, 3.63) is 42.5 Å². The van der Waals surface area contributed by atoms with Crippen LogP contribution in [0.1, 0.15) is 23.7 Å². The topological polar surface area (TPSA) is 95.5 Å². The fourth-order valence-electron chi connectivity index (χ4n) is 1.57. The molecular formula is C14H16N2O4. The van der Waals surface area contributed by atoms with E-state index in [1.807, 2.05) is 0 Å². The zero-order chi connectivity index (χ0) is 15.1. The number of hydrogen-bond donors (Lipinski definition) is 3. The van der Waals surface area contributed by atoms with Gasteiger partial charge in [-0.05, 0) is 24.6 Å². The monoisotopic (exact) mass is 276 g/mol. The zero-order valence-electron chi connectivity index (χ0n) is 11.1. The second-order valence-electron chi connectivity index (χ2n) is 4.15. The van der Waals surface area contributed by atoms with Crippen LogP contribution < -0.4 is 10.6 Å². The molecule has 20 heavy (non-hydrogen) atoms. The summed E-state index contributed by atoms with van der Waals surface area (Å²) in [5, 5.41) is 13.9. The summed E-state index contributed by atoms with van der Waals surface area (Å²) in [7, 11) is 0. The Morgan fingerprint density at radius 1 is 1.40 bits per heavy atom. The number of carboxylic acids is 1. The minimum Gasteiger partial charge on any atom is -0.480 e. The Bertz CT molecular complexity index is 540. The number of carboxylic acid groups (broad SMARTS) is 1. The summed E-state index contributed by atoms with van der Waals surface area (Å²) in [6.45, 7) is 4.81. The minimum atomic E-state index is -1.13. The van der Waals surface area contributed by atoms with E-state index in [4.69, 9.17) is 5.11 Å². The van der Waals surface area contributed by atoms with Gasteiger partial charge in [-0.15, -0.1) is 6.58 Å². The fourth-order valence-corrected chi connectivity index (χ4v) is 1.57. The van der Waals surface area contributed by atoms with Crippen LogP contribution >= 0.6 is 0 Å². The molecule has 1 aromatic carbocycles. The second kappa shape index (κ2) is 7.08. The first kappa shape index (κ1) is 15.4. The highest BCUT2D eigenvalue weighted by Gasteiger charge is 2.19. The molecular weight excluding hydrogens is 260 g/mol. The summed E-state index contributed by atoms with van der Waals surface area (Å²) >= 11 is 0. The third-order valence-electron chi connectivity index (χ3n) is 2.45. The van der Waals surface area contributed by atoms with Crippen LogP contribution in [0.3, 0.4) is 0 Å². The third kappa shape index (κ3) is 4.56. The van der Waals surface area contributed by atoms with Gasteiger partial charge in [0.25, 0.3) is 5.91 Å². The van der Waals surface area contributed by atoms with Gasteiger partial charge in [-0.1, -0.05) is 12.1 Å². The quantitative estimate of drug-likeness (QED) is 0.684. The first-order valence-electron chi connectivity index (χ1n) is 5.96. The van der Waals surface area contributed by atoms with Gasteiger partial charge in [-0.3, -0.25) is 9.59 Å². The fraction of sp³-hybridized carbons (Fsp3) is 0.214. The van der Waals surface area contributed by atoms with Crippen molar-refractivity contribution in [1.29, 1.82) is 0 Å². The van der Waals surface area contributed by atoms with Crippen molar-refractivity contribution in [2.24, 2.45) is 0 Å². The van der Waals surface area contributed by atoms with Crippen molar-refractivity contribution >= 4 is 23.5 Å². The molecule has 1 rings (SSSR count). The number of rotatable bonds is 6. The highest BCUT2D eigenvalue weighted by atomic mass is 16.4. The molecule has 0 fully saturated rings. The first-order chi connectivity index (χ1) is 9.43. The Hall–Kier alpha value is -2.63. The predicted octanol–water partition coefficient (Wildman–Crippen LogP) is 1.40. The highest BCUT2D eigenvalue weighted by Crippen LogP contribution is 2.11. The van der Waals surface area contributed by atoms with Crippen LogP contribution in [0.15, 0.2) is 36.9 Å². The van der Waals surface area contributed by atoms with E-state index < -0.39 is 17.9 Å². The van der Waals surface area contributed by atoms with Gasteiger partial charge in [0, 0.05) is 18.2 Å². The van der Waals surface area contributed by atoms with E-state index in [9.17, 15) is 14.4 Å². The number of carbonyl (C=O) groups excluding carboxylic acids is 2. The Morgan fingerprint density at radius 2 is 2.10 bits per heavy atom. The first-order valence-corrected chi connectivity index (χ1v) is 5.96. The van der Waals surface area contributed by atoms with Crippen molar-refractivity contribution < 1.29 is 19.5 Å². The molecule has 0 saturated carbocycles. The van der Waals surface area contributed by atoms with Crippen LogP contribution in [0.4, 0.5) is 5.69 Å². The lowest BCUT2D eigenvalue weighted by Crippen LogP contribution is -2.40. The number of benzene rings is 1. The molecule has 106 valence electrons. The van der Waals surface area contributed by atoms with Gasteiger partial charge in [0.15, 0.2) is 0 Å². The third-order valence-corrected chi connectivity index (χ3v) is 2.45. The molecule has 0 bridgehead atoms. The molecule has 3 N–H and O–H groups in total. The number of aliphatic carboxylic acids is 1. The molecule has 0 aliphatic heterocycles.